The Labute approximate surface area is 122 Å². The van der Waals surface area contributed by atoms with Gasteiger partial charge in [0.25, 0.3) is 0 Å². The predicted octanol–water partition coefficient (Wildman–Crippen LogP) is 3.29. The topological polar surface area (TPSA) is 78.4 Å². The summed E-state index contributed by atoms with van der Waals surface area (Å²) in [5, 5.41) is 14.3. The molecular formula is C15H30N2O3. The number of carbonyl (C=O) groups is 2. The lowest BCUT2D eigenvalue weighted by Gasteiger charge is -2.18. The lowest BCUT2D eigenvalue weighted by Crippen LogP contribution is -2.44. The van der Waals surface area contributed by atoms with Crippen LogP contribution < -0.4 is 10.6 Å². The van der Waals surface area contributed by atoms with E-state index in [0.717, 1.165) is 12.8 Å². The van der Waals surface area contributed by atoms with Crippen LogP contribution in [0.4, 0.5) is 4.79 Å². The van der Waals surface area contributed by atoms with Gasteiger partial charge in [-0.15, -0.1) is 0 Å². The van der Waals surface area contributed by atoms with Crippen molar-refractivity contribution in [3.63, 3.8) is 0 Å². The Morgan fingerprint density at radius 1 is 0.950 bits per heavy atom. The highest BCUT2D eigenvalue weighted by Crippen LogP contribution is 2.05. The van der Waals surface area contributed by atoms with Gasteiger partial charge >= 0.3 is 12.0 Å². The number of hydrogen-bond acceptors (Lipinski definition) is 2. The monoisotopic (exact) mass is 286 g/mol. The summed E-state index contributed by atoms with van der Waals surface area (Å²) in [7, 11) is 0. The largest absolute Gasteiger partial charge is 0.481 e. The fraction of sp³-hybridized carbons (Fsp3) is 0.867. The standard InChI is InChI=1S/C15H30N2O3/c1-4-5-6-7-9-12(2)16-15(20)17-13(3)10-8-11-14(18)19/h12-13H,4-11H2,1-3H3,(H,18,19)(H2,16,17,20). The maximum atomic E-state index is 11.7. The van der Waals surface area contributed by atoms with Crippen molar-refractivity contribution in [2.24, 2.45) is 0 Å². The van der Waals surface area contributed by atoms with E-state index in [0.29, 0.717) is 12.8 Å². The van der Waals surface area contributed by atoms with Crippen molar-refractivity contribution in [3.8, 4) is 0 Å². The maximum Gasteiger partial charge on any atom is 0.315 e. The molecule has 2 amide bonds. The van der Waals surface area contributed by atoms with Crippen LogP contribution in [0.1, 0.15) is 72.1 Å². The third-order valence-corrected chi connectivity index (χ3v) is 3.27. The van der Waals surface area contributed by atoms with Crippen LogP contribution in [-0.4, -0.2) is 29.2 Å². The number of carboxylic acid groups (broad SMARTS) is 1. The molecule has 5 nitrogen and oxygen atoms in total. The summed E-state index contributed by atoms with van der Waals surface area (Å²) < 4.78 is 0. The third kappa shape index (κ3) is 11.8. The van der Waals surface area contributed by atoms with Crippen LogP contribution in [0, 0.1) is 0 Å². The van der Waals surface area contributed by atoms with E-state index >= 15 is 0 Å². The van der Waals surface area contributed by atoms with Crippen LogP contribution in [-0.2, 0) is 4.79 Å². The number of aliphatic carboxylic acids is 1. The summed E-state index contributed by atoms with van der Waals surface area (Å²) in [4.78, 5) is 22.1. The first kappa shape index (κ1) is 18.7. The van der Waals surface area contributed by atoms with E-state index in [1.54, 1.807) is 0 Å². The molecule has 0 heterocycles. The lowest BCUT2D eigenvalue weighted by atomic mass is 10.1. The van der Waals surface area contributed by atoms with Gasteiger partial charge in [-0.25, -0.2) is 4.79 Å². The smallest absolute Gasteiger partial charge is 0.315 e. The van der Waals surface area contributed by atoms with Crippen LogP contribution in [0.25, 0.3) is 0 Å². The van der Waals surface area contributed by atoms with E-state index in [2.05, 4.69) is 17.6 Å². The fourth-order valence-electron chi connectivity index (χ4n) is 2.07. The number of carboxylic acids is 1. The van der Waals surface area contributed by atoms with Gasteiger partial charge in [-0.2, -0.15) is 0 Å². The zero-order chi connectivity index (χ0) is 15.4. The zero-order valence-electron chi connectivity index (χ0n) is 13.1. The number of amides is 2. The van der Waals surface area contributed by atoms with Gasteiger partial charge in [0, 0.05) is 18.5 Å². The molecule has 0 aliphatic carbocycles. The third-order valence-electron chi connectivity index (χ3n) is 3.27. The van der Waals surface area contributed by atoms with Crippen LogP contribution in [0.5, 0.6) is 0 Å². The van der Waals surface area contributed by atoms with E-state index in [1.165, 1.54) is 19.3 Å². The van der Waals surface area contributed by atoms with Crippen molar-refractivity contribution in [2.75, 3.05) is 0 Å². The van der Waals surface area contributed by atoms with Gasteiger partial charge in [0.2, 0.25) is 0 Å². The molecule has 3 N–H and O–H groups in total. The summed E-state index contributed by atoms with van der Waals surface area (Å²) in [6, 6.07) is 0.0236. The number of urea groups is 1. The summed E-state index contributed by atoms with van der Waals surface area (Å²) in [6.07, 6.45) is 7.26. The Kier molecular flexibility index (Phi) is 10.8. The van der Waals surface area contributed by atoms with E-state index in [4.69, 9.17) is 5.11 Å². The first-order valence-electron chi connectivity index (χ1n) is 7.74. The fourth-order valence-corrected chi connectivity index (χ4v) is 2.07. The van der Waals surface area contributed by atoms with Gasteiger partial charge in [-0.3, -0.25) is 4.79 Å². The minimum atomic E-state index is -0.789. The van der Waals surface area contributed by atoms with Crippen molar-refractivity contribution in [2.45, 2.75) is 84.2 Å². The number of nitrogens with one attached hydrogen (secondary N) is 2. The van der Waals surface area contributed by atoms with Gasteiger partial charge in [0.05, 0.1) is 0 Å². The highest BCUT2D eigenvalue weighted by molar-refractivity contribution is 5.74. The van der Waals surface area contributed by atoms with E-state index in [-0.39, 0.29) is 24.5 Å². The molecule has 0 radical (unpaired) electrons. The first-order valence-corrected chi connectivity index (χ1v) is 7.74. The molecule has 2 atom stereocenters. The highest BCUT2D eigenvalue weighted by atomic mass is 16.4. The summed E-state index contributed by atoms with van der Waals surface area (Å²) >= 11 is 0. The van der Waals surface area contributed by atoms with Crippen molar-refractivity contribution in [1.29, 1.82) is 0 Å². The van der Waals surface area contributed by atoms with E-state index in [9.17, 15) is 9.59 Å². The van der Waals surface area contributed by atoms with E-state index < -0.39 is 5.97 Å². The Balaban J connectivity index is 3.66. The summed E-state index contributed by atoms with van der Waals surface area (Å²) in [6.45, 7) is 6.09. The molecule has 20 heavy (non-hydrogen) atoms. The lowest BCUT2D eigenvalue weighted by molar-refractivity contribution is -0.137. The molecule has 0 saturated carbocycles. The Bertz CT molecular complexity index is 282. The average molecular weight is 286 g/mol. The quantitative estimate of drug-likeness (QED) is 0.510. The molecule has 0 saturated heterocycles. The first-order chi connectivity index (χ1) is 9.45. The molecule has 0 aromatic rings. The number of hydrogen-bond donors (Lipinski definition) is 3. The molecule has 0 aliphatic rings. The van der Waals surface area contributed by atoms with Crippen molar-refractivity contribution in [3.05, 3.63) is 0 Å². The normalized spacial score (nSPS) is 13.6. The second-order valence-electron chi connectivity index (χ2n) is 5.56. The maximum absolute atomic E-state index is 11.7. The molecule has 5 heteroatoms. The van der Waals surface area contributed by atoms with Crippen LogP contribution in [0.3, 0.4) is 0 Å². The van der Waals surface area contributed by atoms with Crippen molar-refractivity contribution >= 4 is 12.0 Å². The van der Waals surface area contributed by atoms with Crippen LogP contribution in [0.2, 0.25) is 0 Å². The molecule has 0 aromatic heterocycles. The van der Waals surface area contributed by atoms with Crippen molar-refractivity contribution < 1.29 is 14.7 Å². The predicted molar refractivity (Wildman–Crippen MR) is 80.8 cm³/mol. The Morgan fingerprint density at radius 3 is 2.00 bits per heavy atom. The second kappa shape index (κ2) is 11.6. The van der Waals surface area contributed by atoms with Gasteiger partial charge in [-0.1, -0.05) is 32.6 Å². The molecule has 2 unspecified atom stereocenters. The molecule has 0 fully saturated rings. The molecule has 118 valence electrons. The summed E-state index contributed by atoms with van der Waals surface area (Å²) in [5.41, 5.74) is 0. The van der Waals surface area contributed by atoms with Gasteiger partial charge in [-0.05, 0) is 33.1 Å². The minimum Gasteiger partial charge on any atom is -0.481 e. The molecule has 0 aromatic carbocycles. The molecule has 0 rings (SSSR count). The van der Waals surface area contributed by atoms with Gasteiger partial charge in [0.15, 0.2) is 0 Å². The number of carbonyl (C=O) groups excluding carboxylic acids is 1. The average Bonchev–Trinajstić information content (AvgIpc) is 2.33. The Morgan fingerprint density at radius 2 is 1.50 bits per heavy atom. The molecule has 0 bridgehead atoms. The Hall–Kier alpha value is -1.26. The number of rotatable bonds is 11. The van der Waals surface area contributed by atoms with Crippen LogP contribution >= 0.6 is 0 Å². The summed E-state index contributed by atoms with van der Waals surface area (Å²) in [5.74, 6) is -0.789. The zero-order valence-corrected chi connectivity index (χ0v) is 13.1. The minimum absolute atomic E-state index is 0.00152. The second-order valence-corrected chi connectivity index (χ2v) is 5.56. The molecule has 0 spiro atoms. The van der Waals surface area contributed by atoms with Crippen LogP contribution in [0.15, 0.2) is 0 Å². The SMILES string of the molecule is CCCCCCC(C)NC(=O)NC(C)CCCC(=O)O. The highest BCUT2D eigenvalue weighted by Gasteiger charge is 2.10. The number of unbranched alkanes of at least 4 members (excludes halogenated alkanes) is 3. The van der Waals surface area contributed by atoms with Gasteiger partial charge < -0.3 is 15.7 Å². The molecular weight excluding hydrogens is 256 g/mol. The van der Waals surface area contributed by atoms with E-state index in [1.807, 2.05) is 13.8 Å². The molecule has 0 aliphatic heterocycles. The van der Waals surface area contributed by atoms with Gasteiger partial charge in [0.1, 0.15) is 0 Å². The van der Waals surface area contributed by atoms with Crippen molar-refractivity contribution in [1.82, 2.24) is 10.6 Å².